The second-order valence-electron chi connectivity index (χ2n) is 4.79. The first-order valence-corrected chi connectivity index (χ1v) is 5.96. The average Bonchev–Trinajstić information content (AvgIpc) is 3.14. The number of hydrogen-bond donors (Lipinski definition) is 1. The molecule has 0 spiro atoms. The minimum Gasteiger partial charge on any atom is -0.480 e. The highest BCUT2D eigenvalue weighted by Gasteiger charge is 2.46. The van der Waals surface area contributed by atoms with Gasteiger partial charge in [0.1, 0.15) is 6.04 Å². The largest absolute Gasteiger partial charge is 0.480 e. The van der Waals surface area contributed by atoms with Crippen molar-refractivity contribution >= 4 is 17.6 Å². The molecule has 1 aliphatic heterocycles. The van der Waals surface area contributed by atoms with Crippen LogP contribution in [0.15, 0.2) is 30.8 Å². The van der Waals surface area contributed by atoms with E-state index >= 15 is 0 Å². The molecule has 1 unspecified atom stereocenters. The molecule has 2 aliphatic rings. The molecule has 1 aliphatic carbocycles. The summed E-state index contributed by atoms with van der Waals surface area (Å²) in [6, 6.07) is 6.36. The molecule has 0 radical (unpaired) electrons. The minimum atomic E-state index is -0.945. The molecule has 1 fully saturated rings. The van der Waals surface area contributed by atoms with Crippen LogP contribution in [0.1, 0.15) is 28.8 Å². The van der Waals surface area contributed by atoms with Crippen molar-refractivity contribution in [1.29, 1.82) is 0 Å². The van der Waals surface area contributed by atoms with Gasteiger partial charge < -0.3 is 5.11 Å². The third-order valence-electron chi connectivity index (χ3n) is 3.58. The molecule has 1 amide bonds. The van der Waals surface area contributed by atoms with Gasteiger partial charge >= 0.3 is 5.97 Å². The van der Waals surface area contributed by atoms with Gasteiger partial charge in [-0.3, -0.25) is 9.69 Å². The first-order valence-electron chi connectivity index (χ1n) is 5.96. The zero-order valence-corrected chi connectivity index (χ0v) is 9.80. The zero-order valence-electron chi connectivity index (χ0n) is 9.80. The van der Waals surface area contributed by atoms with Gasteiger partial charge in [0, 0.05) is 16.8 Å². The van der Waals surface area contributed by atoms with E-state index in [2.05, 4.69) is 6.58 Å². The van der Waals surface area contributed by atoms with Gasteiger partial charge in [-0.05, 0) is 24.8 Å². The lowest BCUT2D eigenvalue weighted by atomic mass is 10.1. The van der Waals surface area contributed by atoms with Gasteiger partial charge in [-0.25, -0.2) is 4.79 Å². The Hall–Kier alpha value is -2.10. The first kappa shape index (κ1) is 11.0. The van der Waals surface area contributed by atoms with Crippen molar-refractivity contribution in [1.82, 2.24) is 4.90 Å². The number of rotatable bonds is 3. The summed E-state index contributed by atoms with van der Waals surface area (Å²) < 4.78 is 0. The number of fused-ring (bicyclic) bond motifs is 1. The Morgan fingerprint density at radius 3 is 2.44 bits per heavy atom. The topological polar surface area (TPSA) is 57.6 Å². The molecule has 1 heterocycles. The molecule has 0 aromatic heterocycles. The SMILES string of the molecule is C=C1c2ccccc2C(=O)N1C(C(=O)O)C1CC1. The fraction of sp³-hybridized carbons (Fsp3) is 0.286. The van der Waals surface area contributed by atoms with Crippen LogP contribution in [0.2, 0.25) is 0 Å². The highest BCUT2D eigenvalue weighted by atomic mass is 16.4. The highest BCUT2D eigenvalue weighted by Crippen LogP contribution is 2.41. The fourth-order valence-corrected chi connectivity index (χ4v) is 2.53. The Morgan fingerprint density at radius 2 is 1.94 bits per heavy atom. The maximum Gasteiger partial charge on any atom is 0.327 e. The summed E-state index contributed by atoms with van der Waals surface area (Å²) in [5, 5.41) is 9.32. The highest BCUT2D eigenvalue weighted by molar-refractivity contribution is 6.10. The second kappa shape index (κ2) is 3.70. The number of nitrogens with zero attached hydrogens (tertiary/aromatic N) is 1. The number of hydrogen-bond acceptors (Lipinski definition) is 2. The van der Waals surface area contributed by atoms with Gasteiger partial charge in [0.15, 0.2) is 0 Å². The molecular formula is C14H13NO3. The van der Waals surface area contributed by atoms with E-state index in [4.69, 9.17) is 0 Å². The molecule has 0 saturated heterocycles. The zero-order chi connectivity index (χ0) is 12.9. The molecular weight excluding hydrogens is 230 g/mol. The van der Waals surface area contributed by atoms with Crippen molar-refractivity contribution in [2.75, 3.05) is 0 Å². The predicted molar refractivity (Wildman–Crippen MR) is 65.8 cm³/mol. The molecule has 3 rings (SSSR count). The molecule has 4 heteroatoms. The first-order chi connectivity index (χ1) is 8.61. The number of amides is 1. The van der Waals surface area contributed by atoms with Gasteiger partial charge in [0.25, 0.3) is 5.91 Å². The summed E-state index contributed by atoms with van der Waals surface area (Å²) in [6.45, 7) is 3.88. The van der Waals surface area contributed by atoms with Gasteiger partial charge in [-0.15, -0.1) is 0 Å². The molecule has 1 aromatic rings. The van der Waals surface area contributed by atoms with Crippen molar-refractivity contribution in [3.63, 3.8) is 0 Å². The second-order valence-corrected chi connectivity index (χ2v) is 4.79. The number of benzene rings is 1. The average molecular weight is 243 g/mol. The third-order valence-corrected chi connectivity index (χ3v) is 3.58. The van der Waals surface area contributed by atoms with E-state index in [0.717, 1.165) is 18.4 Å². The van der Waals surface area contributed by atoms with Gasteiger partial charge in [-0.2, -0.15) is 0 Å². The van der Waals surface area contributed by atoms with Crippen LogP contribution >= 0.6 is 0 Å². The third kappa shape index (κ3) is 1.45. The molecule has 4 nitrogen and oxygen atoms in total. The van der Waals surface area contributed by atoms with Crippen LogP contribution < -0.4 is 0 Å². The number of carbonyl (C=O) groups is 2. The summed E-state index contributed by atoms with van der Waals surface area (Å²) in [5.74, 6) is -1.12. The Bertz CT molecular complexity index is 525. The van der Waals surface area contributed by atoms with Crippen LogP contribution in [-0.2, 0) is 4.79 Å². The molecule has 1 saturated carbocycles. The summed E-state index contributed by atoms with van der Waals surface area (Å²) in [5.41, 5.74) is 1.80. The molecule has 92 valence electrons. The summed E-state index contributed by atoms with van der Waals surface area (Å²) >= 11 is 0. The maximum absolute atomic E-state index is 12.3. The Kier molecular flexibility index (Phi) is 2.26. The van der Waals surface area contributed by atoms with Crippen molar-refractivity contribution in [2.24, 2.45) is 5.92 Å². The summed E-state index contributed by atoms with van der Waals surface area (Å²) in [4.78, 5) is 25.0. The van der Waals surface area contributed by atoms with Crippen molar-refractivity contribution < 1.29 is 14.7 Å². The maximum atomic E-state index is 12.3. The van der Waals surface area contributed by atoms with Crippen LogP contribution in [-0.4, -0.2) is 27.9 Å². The van der Waals surface area contributed by atoms with Crippen LogP contribution in [0, 0.1) is 5.92 Å². The predicted octanol–water partition coefficient (Wildman–Crippen LogP) is 1.98. The monoisotopic (exact) mass is 243 g/mol. The fourth-order valence-electron chi connectivity index (χ4n) is 2.53. The Morgan fingerprint density at radius 1 is 1.33 bits per heavy atom. The van der Waals surface area contributed by atoms with Gasteiger partial charge in [0.05, 0.1) is 0 Å². The van der Waals surface area contributed by atoms with Gasteiger partial charge in [0.2, 0.25) is 0 Å². The minimum absolute atomic E-state index is 0.0671. The molecule has 1 N–H and O–H groups in total. The van der Waals surface area contributed by atoms with E-state index in [9.17, 15) is 14.7 Å². The van der Waals surface area contributed by atoms with Crippen molar-refractivity contribution in [3.8, 4) is 0 Å². The lowest BCUT2D eigenvalue weighted by molar-refractivity contribution is -0.142. The molecule has 18 heavy (non-hydrogen) atoms. The molecule has 1 atom stereocenters. The summed E-state index contributed by atoms with van der Waals surface area (Å²) in [7, 11) is 0. The normalized spacial score (nSPS) is 19.9. The Labute approximate surface area is 105 Å². The van der Waals surface area contributed by atoms with Crippen LogP contribution in [0.4, 0.5) is 0 Å². The van der Waals surface area contributed by atoms with E-state index in [1.807, 2.05) is 6.07 Å². The quantitative estimate of drug-likeness (QED) is 0.883. The Balaban J connectivity index is 2.03. The lowest BCUT2D eigenvalue weighted by Gasteiger charge is -2.25. The molecule has 0 bridgehead atoms. The number of carboxylic acids is 1. The smallest absolute Gasteiger partial charge is 0.327 e. The van der Waals surface area contributed by atoms with Gasteiger partial charge in [-0.1, -0.05) is 24.8 Å². The van der Waals surface area contributed by atoms with E-state index in [1.165, 1.54) is 4.90 Å². The van der Waals surface area contributed by atoms with Crippen molar-refractivity contribution in [3.05, 3.63) is 42.0 Å². The summed E-state index contributed by atoms with van der Waals surface area (Å²) in [6.07, 6.45) is 1.73. The van der Waals surface area contributed by atoms with Crippen LogP contribution in [0.3, 0.4) is 0 Å². The van der Waals surface area contributed by atoms with E-state index < -0.39 is 12.0 Å². The number of carbonyl (C=O) groups excluding carboxylic acids is 1. The van der Waals surface area contributed by atoms with E-state index in [-0.39, 0.29) is 11.8 Å². The standard InChI is InChI=1S/C14H13NO3/c1-8-10-4-2-3-5-11(10)13(16)15(8)12(14(17)18)9-6-7-9/h2-5,9,12H,1,6-7H2,(H,17,18). The number of carboxylic acid groups (broad SMARTS) is 1. The van der Waals surface area contributed by atoms with E-state index in [0.29, 0.717) is 11.3 Å². The van der Waals surface area contributed by atoms with Crippen LogP contribution in [0.25, 0.3) is 5.70 Å². The molecule has 1 aromatic carbocycles. The van der Waals surface area contributed by atoms with Crippen molar-refractivity contribution in [2.45, 2.75) is 18.9 Å². The lowest BCUT2D eigenvalue weighted by Crippen LogP contribution is -2.42. The van der Waals surface area contributed by atoms with E-state index in [1.54, 1.807) is 18.2 Å². The van der Waals surface area contributed by atoms with Crippen LogP contribution in [0.5, 0.6) is 0 Å². The number of aliphatic carboxylic acids is 1.